The fourth-order valence-corrected chi connectivity index (χ4v) is 5.27. The Hall–Kier alpha value is -0.920. The molecule has 5 nitrogen and oxygen atoms in total. The van der Waals surface area contributed by atoms with E-state index in [2.05, 4.69) is 4.74 Å². The zero-order valence-corrected chi connectivity index (χ0v) is 12.6. The van der Waals surface area contributed by atoms with E-state index in [9.17, 15) is 13.2 Å². The van der Waals surface area contributed by atoms with Crippen LogP contribution < -0.4 is 0 Å². The van der Waals surface area contributed by atoms with Gasteiger partial charge in [0.15, 0.2) is 0 Å². The number of hydrogen-bond donors (Lipinski definition) is 0. The van der Waals surface area contributed by atoms with E-state index in [0.29, 0.717) is 23.6 Å². The average Bonchev–Trinajstić information content (AvgIpc) is 3.06. The summed E-state index contributed by atoms with van der Waals surface area (Å²) < 4.78 is 31.3. The molecule has 0 saturated carbocycles. The van der Waals surface area contributed by atoms with Gasteiger partial charge in [0.1, 0.15) is 10.3 Å². The summed E-state index contributed by atoms with van der Waals surface area (Å²) in [5.74, 6) is -0.478. The van der Waals surface area contributed by atoms with Gasteiger partial charge >= 0.3 is 5.97 Å². The lowest BCUT2D eigenvalue weighted by molar-refractivity contribution is -0.144. The third-order valence-electron chi connectivity index (χ3n) is 3.23. The second-order valence-corrected chi connectivity index (χ2v) is 7.66. The molecule has 1 fully saturated rings. The van der Waals surface area contributed by atoms with Crippen LogP contribution in [-0.2, 0) is 26.0 Å². The van der Waals surface area contributed by atoms with E-state index in [1.807, 2.05) is 13.0 Å². The highest BCUT2D eigenvalue weighted by molar-refractivity contribution is 7.91. The van der Waals surface area contributed by atoms with Crippen LogP contribution in [0.25, 0.3) is 0 Å². The van der Waals surface area contributed by atoms with Crippen LogP contribution >= 0.6 is 11.3 Å². The van der Waals surface area contributed by atoms with E-state index in [0.717, 1.165) is 11.3 Å². The first-order valence-corrected chi connectivity index (χ1v) is 8.44. The molecule has 1 atom stereocenters. The maximum Gasteiger partial charge on any atom is 0.324 e. The zero-order valence-electron chi connectivity index (χ0n) is 11.0. The number of carbonyl (C=O) groups excluding carboxylic acids is 1. The van der Waals surface area contributed by atoms with E-state index in [-0.39, 0.29) is 0 Å². The molecule has 0 bridgehead atoms. The van der Waals surface area contributed by atoms with Crippen LogP contribution in [0, 0.1) is 0 Å². The minimum absolute atomic E-state index is 0.306. The van der Waals surface area contributed by atoms with Crippen LogP contribution in [0.5, 0.6) is 0 Å². The van der Waals surface area contributed by atoms with Gasteiger partial charge in [0.2, 0.25) is 0 Å². The molecule has 1 aliphatic rings. The third-order valence-corrected chi connectivity index (χ3v) is 6.83. The molecule has 0 N–H and O–H groups in total. The summed E-state index contributed by atoms with van der Waals surface area (Å²) in [5, 5.41) is 0. The Labute approximate surface area is 117 Å². The smallest absolute Gasteiger partial charge is 0.324 e. The maximum atomic E-state index is 12.5. The summed E-state index contributed by atoms with van der Waals surface area (Å²) in [7, 11) is -2.30. The Morgan fingerprint density at radius 1 is 1.53 bits per heavy atom. The second kappa shape index (κ2) is 5.60. The molecule has 1 aliphatic heterocycles. The summed E-state index contributed by atoms with van der Waals surface area (Å²) in [5.41, 5.74) is 0. The Morgan fingerprint density at radius 3 is 2.84 bits per heavy atom. The van der Waals surface area contributed by atoms with Gasteiger partial charge in [-0.05, 0) is 31.4 Å². The summed E-state index contributed by atoms with van der Waals surface area (Å²) >= 11 is 1.27. The van der Waals surface area contributed by atoms with Crippen LogP contribution in [0.1, 0.15) is 24.6 Å². The van der Waals surface area contributed by atoms with Crippen LogP contribution in [0.2, 0.25) is 0 Å². The number of rotatable bonds is 4. The van der Waals surface area contributed by atoms with Crippen molar-refractivity contribution in [2.24, 2.45) is 0 Å². The van der Waals surface area contributed by atoms with Crippen molar-refractivity contribution < 1.29 is 17.9 Å². The molecule has 19 heavy (non-hydrogen) atoms. The van der Waals surface area contributed by atoms with Crippen molar-refractivity contribution in [1.29, 1.82) is 0 Å². The minimum Gasteiger partial charge on any atom is -0.468 e. The Balaban J connectivity index is 2.30. The van der Waals surface area contributed by atoms with Gasteiger partial charge in [0.05, 0.1) is 7.11 Å². The highest BCUT2D eigenvalue weighted by Gasteiger charge is 2.40. The Bertz CT molecular complexity index is 564. The topological polar surface area (TPSA) is 63.7 Å². The lowest BCUT2D eigenvalue weighted by atomic mass is 10.2. The first-order chi connectivity index (χ1) is 9.00. The number of esters is 1. The largest absolute Gasteiger partial charge is 0.468 e. The van der Waals surface area contributed by atoms with Gasteiger partial charge in [-0.1, -0.05) is 6.92 Å². The lowest BCUT2D eigenvalue weighted by Crippen LogP contribution is -2.40. The van der Waals surface area contributed by atoms with E-state index in [4.69, 9.17) is 0 Å². The normalized spacial score (nSPS) is 20.6. The quantitative estimate of drug-likeness (QED) is 0.793. The summed E-state index contributed by atoms with van der Waals surface area (Å²) in [6.45, 7) is 2.36. The molecule has 1 aromatic heterocycles. The number of carbonyl (C=O) groups is 1. The number of nitrogens with zero attached hydrogens (tertiary/aromatic N) is 1. The van der Waals surface area contributed by atoms with E-state index >= 15 is 0 Å². The maximum absolute atomic E-state index is 12.5. The molecule has 0 aromatic carbocycles. The molecule has 0 aliphatic carbocycles. The molecule has 1 unspecified atom stereocenters. The van der Waals surface area contributed by atoms with Crippen molar-refractivity contribution in [2.45, 2.75) is 36.4 Å². The minimum atomic E-state index is -3.58. The monoisotopic (exact) mass is 303 g/mol. The van der Waals surface area contributed by atoms with Gasteiger partial charge < -0.3 is 4.74 Å². The van der Waals surface area contributed by atoms with Crippen LogP contribution in [0.3, 0.4) is 0 Å². The molecule has 0 amide bonds. The number of hydrogen-bond acceptors (Lipinski definition) is 5. The number of thiophene rings is 1. The van der Waals surface area contributed by atoms with Crippen LogP contribution in [0.4, 0.5) is 0 Å². The van der Waals surface area contributed by atoms with Crippen molar-refractivity contribution in [2.75, 3.05) is 13.7 Å². The lowest BCUT2D eigenvalue weighted by Gasteiger charge is -2.21. The van der Waals surface area contributed by atoms with Crippen LogP contribution in [-0.4, -0.2) is 38.4 Å². The SMILES string of the molecule is CCc1ccc(S(=O)(=O)N2CCCC2C(=O)OC)s1. The number of aryl methyl sites for hydroxylation is 1. The zero-order chi connectivity index (χ0) is 14.0. The highest BCUT2D eigenvalue weighted by atomic mass is 32.2. The van der Waals surface area contributed by atoms with Gasteiger partial charge in [-0.15, -0.1) is 11.3 Å². The molecule has 2 heterocycles. The summed E-state index contributed by atoms with van der Waals surface area (Å²) in [6, 6.07) is 2.76. The molecule has 0 radical (unpaired) electrons. The molecule has 1 aromatic rings. The van der Waals surface area contributed by atoms with Crippen LogP contribution in [0.15, 0.2) is 16.3 Å². The van der Waals surface area contributed by atoms with Crippen molar-refractivity contribution >= 4 is 27.3 Å². The highest BCUT2D eigenvalue weighted by Crippen LogP contribution is 2.30. The fourth-order valence-electron chi connectivity index (χ4n) is 2.20. The van der Waals surface area contributed by atoms with Gasteiger partial charge in [-0.2, -0.15) is 4.31 Å². The van der Waals surface area contributed by atoms with Crippen molar-refractivity contribution in [1.82, 2.24) is 4.31 Å². The Morgan fingerprint density at radius 2 is 2.26 bits per heavy atom. The van der Waals surface area contributed by atoms with Gasteiger partial charge in [-0.25, -0.2) is 8.42 Å². The summed E-state index contributed by atoms with van der Waals surface area (Å²) in [6.07, 6.45) is 2.02. The predicted octanol–water partition coefficient (Wildman–Crippen LogP) is 1.64. The van der Waals surface area contributed by atoms with Crippen molar-refractivity contribution in [3.05, 3.63) is 17.0 Å². The average molecular weight is 303 g/mol. The molecule has 106 valence electrons. The summed E-state index contributed by atoms with van der Waals surface area (Å²) in [4.78, 5) is 12.7. The molecule has 2 rings (SSSR count). The molecular formula is C12H17NO4S2. The predicted molar refractivity (Wildman–Crippen MR) is 72.6 cm³/mol. The van der Waals surface area contributed by atoms with E-state index < -0.39 is 22.0 Å². The van der Waals surface area contributed by atoms with Crippen molar-refractivity contribution in [3.8, 4) is 0 Å². The van der Waals surface area contributed by atoms with Gasteiger partial charge in [-0.3, -0.25) is 4.79 Å². The first-order valence-electron chi connectivity index (χ1n) is 6.19. The first kappa shape index (κ1) is 14.5. The Kier molecular flexibility index (Phi) is 4.27. The third kappa shape index (κ3) is 2.68. The van der Waals surface area contributed by atoms with Crippen molar-refractivity contribution in [3.63, 3.8) is 0 Å². The number of sulfonamides is 1. The second-order valence-electron chi connectivity index (χ2n) is 4.37. The molecular weight excluding hydrogens is 286 g/mol. The van der Waals surface area contributed by atoms with Gasteiger partial charge in [0, 0.05) is 11.4 Å². The molecule has 0 spiro atoms. The fraction of sp³-hybridized carbons (Fsp3) is 0.583. The number of methoxy groups -OCH3 is 1. The molecule has 7 heteroatoms. The molecule has 1 saturated heterocycles. The standard InChI is InChI=1S/C12H17NO4S2/c1-3-9-6-7-11(18-9)19(15,16)13-8-4-5-10(13)12(14)17-2/h6-7,10H,3-5,8H2,1-2H3. The van der Waals surface area contributed by atoms with E-state index in [1.54, 1.807) is 6.07 Å². The van der Waals surface area contributed by atoms with E-state index in [1.165, 1.54) is 22.8 Å². The number of ether oxygens (including phenoxy) is 1. The van der Waals surface area contributed by atoms with Gasteiger partial charge in [0.25, 0.3) is 10.0 Å².